The SMILES string of the molecule is COCCO[C@@]1(n2ccc(N)nc2=O)CO[C@H](COC(c2ccccc2)(c2ccc(OC)cc2)c2ccc(OC)cc2)[C@@H]1OP(SCCSC(=O)c1ccccc1)N1CCCC1. The molecule has 3 heterocycles. The van der Waals surface area contributed by atoms with Gasteiger partial charge in [-0.15, -0.1) is 0 Å². The van der Waals surface area contributed by atoms with Crippen LogP contribution >= 0.6 is 30.6 Å². The number of hydrogen-bond donors (Lipinski definition) is 1. The molecule has 0 radical (unpaired) electrons. The molecule has 0 bridgehead atoms. The number of nitrogens with zero attached hydrogens (tertiary/aromatic N) is 3. The third-order valence-corrected chi connectivity index (χ3v) is 16.0. The highest BCUT2D eigenvalue weighted by Crippen LogP contribution is 2.59. The number of aromatic nitrogens is 2. The molecule has 2 N–H and O–H groups in total. The lowest BCUT2D eigenvalue weighted by Crippen LogP contribution is -2.55. The van der Waals surface area contributed by atoms with E-state index in [1.807, 2.05) is 109 Å². The minimum atomic E-state index is -1.49. The van der Waals surface area contributed by atoms with Gasteiger partial charge in [0.05, 0.1) is 40.6 Å². The van der Waals surface area contributed by atoms with Gasteiger partial charge >= 0.3 is 5.69 Å². The zero-order chi connectivity index (χ0) is 43.4. The van der Waals surface area contributed by atoms with Gasteiger partial charge in [-0.25, -0.2) is 4.79 Å². The van der Waals surface area contributed by atoms with Crippen molar-refractivity contribution in [1.82, 2.24) is 14.2 Å². The number of benzene rings is 4. The standard InChI is InChI=1S/C46H53N4O9PS2/c1-53-28-29-57-45(50-27-24-41(47)48-44(50)52)33-56-40(42(45)59-60(49-25-10-11-26-49)62-31-30-61-43(51)34-12-6-4-7-13-34)32-58-46(35-14-8-5-9-15-35,36-16-20-38(54-2)21-17-36)37-18-22-39(55-3)23-19-37/h4-9,12-24,27,40,42H,10-11,25-26,28-33H2,1-3H3,(H2,47,48,52)/t40-,42+,45+,60?/m1/s1. The molecule has 4 aromatic carbocycles. The number of ether oxygens (including phenoxy) is 6. The van der Waals surface area contributed by atoms with E-state index in [1.165, 1.54) is 16.3 Å². The zero-order valence-corrected chi connectivity index (χ0v) is 37.7. The maximum atomic E-state index is 13.9. The lowest BCUT2D eigenvalue weighted by molar-refractivity contribution is -0.162. The molecule has 5 aromatic rings. The van der Waals surface area contributed by atoms with Crippen LogP contribution in [0.1, 0.15) is 39.9 Å². The van der Waals surface area contributed by atoms with Crippen molar-refractivity contribution in [2.75, 3.05) is 78.1 Å². The lowest BCUT2D eigenvalue weighted by atomic mass is 9.80. The number of rotatable bonds is 21. The summed E-state index contributed by atoms with van der Waals surface area (Å²) in [6.07, 6.45) is 1.99. The summed E-state index contributed by atoms with van der Waals surface area (Å²) in [5.74, 6) is 2.72. The van der Waals surface area contributed by atoms with Gasteiger partial charge in [0.25, 0.3) is 0 Å². The second-order valence-corrected chi connectivity index (χ2v) is 19.3. The number of nitrogen functional groups attached to an aromatic ring is 1. The van der Waals surface area contributed by atoms with E-state index in [4.69, 9.17) is 38.7 Å². The Labute approximate surface area is 372 Å². The smallest absolute Gasteiger partial charge is 0.352 e. The molecule has 2 saturated heterocycles. The Morgan fingerprint density at radius 2 is 1.45 bits per heavy atom. The lowest BCUT2D eigenvalue weighted by Gasteiger charge is -2.40. The van der Waals surface area contributed by atoms with Crippen LogP contribution in [0.15, 0.2) is 126 Å². The van der Waals surface area contributed by atoms with Crippen LogP contribution in [0, 0.1) is 0 Å². The summed E-state index contributed by atoms with van der Waals surface area (Å²) in [5, 5.41) is 0.0235. The van der Waals surface area contributed by atoms with Crippen LogP contribution in [0.25, 0.3) is 0 Å². The number of nitrogens with two attached hydrogens (primary N) is 1. The average molecular weight is 901 g/mol. The van der Waals surface area contributed by atoms with E-state index in [2.05, 4.69) is 9.65 Å². The van der Waals surface area contributed by atoms with Gasteiger partial charge in [0.15, 0.2) is 7.50 Å². The van der Waals surface area contributed by atoms with Gasteiger partial charge in [-0.3, -0.25) is 14.0 Å². The fourth-order valence-corrected chi connectivity index (χ4v) is 13.0. The second-order valence-electron chi connectivity index (χ2n) is 14.6. The Bertz CT molecular complexity index is 2190. The molecule has 0 amide bonds. The third kappa shape index (κ3) is 10.4. The van der Waals surface area contributed by atoms with Gasteiger partial charge in [0.2, 0.25) is 10.8 Å². The molecular weight excluding hydrogens is 848 g/mol. The van der Waals surface area contributed by atoms with Gasteiger partial charge in [-0.2, -0.15) is 4.98 Å². The first-order valence-electron chi connectivity index (χ1n) is 20.5. The predicted molar refractivity (Wildman–Crippen MR) is 245 cm³/mol. The van der Waals surface area contributed by atoms with E-state index >= 15 is 0 Å². The van der Waals surface area contributed by atoms with E-state index < -0.39 is 36.7 Å². The van der Waals surface area contributed by atoms with E-state index in [0.29, 0.717) is 28.6 Å². The quantitative estimate of drug-likeness (QED) is 0.0439. The fourth-order valence-electron chi connectivity index (χ4n) is 7.71. The number of thioether (sulfide) groups is 1. The van der Waals surface area contributed by atoms with Crippen LogP contribution in [0.4, 0.5) is 5.82 Å². The summed E-state index contributed by atoms with van der Waals surface area (Å²) in [4.78, 5) is 31.0. The largest absolute Gasteiger partial charge is 0.497 e. The van der Waals surface area contributed by atoms with E-state index in [0.717, 1.165) is 42.6 Å². The molecule has 1 unspecified atom stereocenters. The summed E-state index contributed by atoms with van der Waals surface area (Å²) in [7, 11) is 3.51. The minimum absolute atomic E-state index is 0.0133. The molecule has 7 rings (SSSR count). The van der Waals surface area contributed by atoms with Gasteiger partial charge in [-0.1, -0.05) is 108 Å². The molecule has 0 aliphatic carbocycles. The first-order valence-corrected chi connectivity index (χ1v) is 24.3. The van der Waals surface area contributed by atoms with Crippen molar-refractivity contribution in [3.8, 4) is 11.5 Å². The van der Waals surface area contributed by atoms with Gasteiger partial charge in [0, 0.05) is 43.5 Å². The molecule has 0 saturated carbocycles. The van der Waals surface area contributed by atoms with Crippen LogP contribution in [0.5, 0.6) is 11.5 Å². The Balaban J connectivity index is 1.28. The summed E-state index contributed by atoms with van der Waals surface area (Å²) >= 11 is 2.96. The van der Waals surface area contributed by atoms with E-state index in [-0.39, 0.29) is 37.4 Å². The first kappa shape index (κ1) is 45.7. The van der Waals surface area contributed by atoms with Crippen molar-refractivity contribution in [3.63, 3.8) is 0 Å². The first-order chi connectivity index (χ1) is 30.3. The number of carbonyl (C=O) groups excluding carboxylic acids is 1. The van der Waals surface area contributed by atoms with Crippen molar-refractivity contribution in [2.45, 2.75) is 36.4 Å². The predicted octanol–water partition coefficient (Wildman–Crippen LogP) is 7.58. The van der Waals surface area contributed by atoms with Crippen molar-refractivity contribution in [1.29, 1.82) is 0 Å². The minimum Gasteiger partial charge on any atom is -0.497 e. The normalized spacial score (nSPS) is 19.7. The van der Waals surface area contributed by atoms with Gasteiger partial charge in [0.1, 0.15) is 35.1 Å². The molecule has 62 heavy (non-hydrogen) atoms. The van der Waals surface area contributed by atoms with Crippen LogP contribution in [-0.4, -0.2) is 104 Å². The van der Waals surface area contributed by atoms with Crippen molar-refractivity contribution >= 4 is 41.6 Å². The number of carbonyl (C=O) groups is 1. The Morgan fingerprint density at radius 3 is 2.05 bits per heavy atom. The highest BCUT2D eigenvalue weighted by molar-refractivity contribution is 8.53. The Hall–Kier alpha value is -4.28. The monoisotopic (exact) mass is 900 g/mol. The third-order valence-electron chi connectivity index (χ3n) is 10.8. The van der Waals surface area contributed by atoms with Crippen LogP contribution < -0.4 is 20.9 Å². The molecule has 0 spiro atoms. The maximum Gasteiger partial charge on any atom is 0.352 e. The zero-order valence-electron chi connectivity index (χ0n) is 35.1. The fraction of sp³-hybridized carbons (Fsp3) is 0.370. The molecular formula is C46H53N4O9PS2. The number of anilines is 1. The Morgan fingerprint density at radius 1 is 0.839 bits per heavy atom. The summed E-state index contributed by atoms with van der Waals surface area (Å²) in [6, 6.07) is 36.6. The van der Waals surface area contributed by atoms with Crippen molar-refractivity contribution in [2.24, 2.45) is 0 Å². The number of hydrogen-bond acceptors (Lipinski definition) is 14. The van der Waals surface area contributed by atoms with Gasteiger partial charge in [-0.05, 0) is 59.9 Å². The molecule has 328 valence electrons. The van der Waals surface area contributed by atoms with Crippen LogP contribution in [0.3, 0.4) is 0 Å². The molecule has 4 atom stereocenters. The van der Waals surface area contributed by atoms with Crippen molar-refractivity contribution < 1.29 is 37.7 Å². The average Bonchev–Trinajstić information content (AvgIpc) is 3.98. The molecule has 2 aliphatic heterocycles. The highest BCUT2D eigenvalue weighted by atomic mass is 32.7. The highest BCUT2D eigenvalue weighted by Gasteiger charge is 2.56. The van der Waals surface area contributed by atoms with E-state index in [9.17, 15) is 9.59 Å². The summed E-state index contributed by atoms with van der Waals surface area (Å²) < 4.78 is 48.6. The molecule has 2 aliphatic rings. The van der Waals surface area contributed by atoms with Crippen molar-refractivity contribution in [3.05, 3.63) is 154 Å². The topological polar surface area (TPSA) is 146 Å². The number of methoxy groups -OCH3 is 3. The maximum absolute atomic E-state index is 13.9. The van der Waals surface area contributed by atoms with Crippen LogP contribution in [0.2, 0.25) is 0 Å². The molecule has 13 nitrogen and oxygen atoms in total. The van der Waals surface area contributed by atoms with Gasteiger partial charge < -0.3 is 38.7 Å². The van der Waals surface area contributed by atoms with Crippen LogP contribution in [-0.2, 0) is 34.8 Å². The Kier molecular flexibility index (Phi) is 16.1. The van der Waals surface area contributed by atoms with E-state index in [1.54, 1.807) is 45.0 Å². The summed E-state index contributed by atoms with van der Waals surface area (Å²) in [6.45, 7) is 2.02. The molecule has 2 fully saturated rings. The summed E-state index contributed by atoms with van der Waals surface area (Å²) in [5.41, 5.74) is 6.02. The molecule has 1 aromatic heterocycles. The second kappa shape index (κ2) is 21.9. The molecule has 16 heteroatoms.